The number of fused-ring (bicyclic) bond motifs is 1. The molecule has 32 heavy (non-hydrogen) atoms. The van der Waals surface area contributed by atoms with E-state index in [0.717, 1.165) is 65.8 Å². The van der Waals surface area contributed by atoms with Crippen LogP contribution in [0.3, 0.4) is 0 Å². The lowest BCUT2D eigenvalue weighted by molar-refractivity contribution is 0.122. The molecule has 6 rings (SSSR count). The van der Waals surface area contributed by atoms with Crippen LogP contribution in [0, 0.1) is 0 Å². The molecular weight excluding hydrogens is 402 g/mol. The molecule has 8 nitrogen and oxygen atoms in total. The summed E-state index contributed by atoms with van der Waals surface area (Å²) in [5, 5.41) is 8.99. The fourth-order valence-electron chi connectivity index (χ4n) is 4.00. The molecule has 0 aliphatic carbocycles. The Labute approximate surface area is 184 Å². The zero-order chi connectivity index (χ0) is 21.3. The normalized spacial score (nSPS) is 14.2. The van der Waals surface area contributed by atoms with Gasteiger partial charge in [-0.3, -0.25) is 0 Å². The van der Waals surface area contributed by atoms with Crippen molar-refractivity contribution in [2.75, 3.05) is 31.2 Å². The lowest BCUT2D eigenvalue weighted by atomic mass is 10.1. The molecule has 0 unspecified atom stereocenters. The number of benzene rings is 1. The van der Waals surface area contributed by atoms with Crippen molar-refractivity contribution in [3.63, 3.8) is 0 Å². The minimum Gasteiger partial charge on any atom is -0.378 e. The van der Waals surface area contributed by atoms with Gasteiger partial charge in [0.15, 0.2) is 5.65 Å². The molecule has 1 saturated heterocycles. The maximum atomic E-state index is 5.42. The highest BCUT2D eigenvalue weighted by Gasteiger charge is 2.13. The van der Waals surface area contributed by atoms with E-state index in [1.807, 2.05) is 58.3 Å². The Bertz CT molecular complexity index is 1350. The average Bonchev–Trinajstić information content (AvgIpc) is 3.55. The summed E-state index contributed by atoms with van der Waals surface area (Å²) < 4.78 is 9.12. The van der Waals surface area contributed by atoms with Crippen molar-refractivity contribution in [3.8, 4) is 28.1 Å². The van der Waals surface area contributed by atoms with Crippen molar-refractivity contribution in [1.29, 1.82) is 0 Å². The summed E-state index contributed by atoms with van der Waals surface area (Å²) in [7, 11) is 0. The van der Waals surface area contributed by atoms with Crippen LogP contribution in [0.4, 0.5) is 5.82 Å². The van der Waals surface area contributed by atoms with Crippen LogP contribution in [0.25, 0.3) is 33.7 Å². The first-order valence-corrected chi connectivity index (χ1v) is 10.6. The van der Waals surface area contributed by atoms with Gasteiger partial charge in [0.2, 0.25) is 0 Å². The predicted octanol–water partition coefficient (Wildman–Crippen LogP) is 3.48. The summed E-state index contributed by atoms with van der Waals surface area (Å²) in [6, 6.07) is 16.3. The molecule has 1 fully saturated rings. The zero-order valence-electron chi connectivity index (χ0n) is 17.4. The van der Waals surface area contributed by atoms with Gasteiger partial charge in [0.1, 0.15) is 5.82 Å². The van der Waals surface area contributed by atoms with E-state index in [-0.39, 0.29) is 0 Å². The lowest BCUT2D eigenvalue weighted by Gasteiger charge is -2.27. The molecule has 8 heteroatoms. The molecule has 5 heterocycles. The quantitative estimate of drug-likeness (QED) is 0.441. The van der Waals surface area contributed by atoms with Crippen LogP contribution >= 0.6 is 0 Å². The number of aromatic nitrogens is 6. The smallest absolute Gasteiger partial charge is 0.154 e. The maximum absolute atomic E-state index is 5.42. The van der Waals surface area contributed by atoms with Crippen LogP contribution in [-0.2, 0) is 4.74 Å². The largest absolute Gasteiger partial charge is 0.378 e. The van der Waals surface area contributed by atoms with Crippen molar-refractivity contribution in [2.45, 2.75) is 0 Å². The number of ether oxygens (including phenoxy) is 1. The van der Waals surface area contributed by atoms with E-state index < -0.39 is 0 Å². The van der Waals surface area contributed by atoms with E-state index in [2.05, 4.69) is 49.3 Å². The number of hydrogen-bond donors (Lipinski definition) is 0. The first-order chi connectivity index (χ1) is 15.8. The minimum absolute atomic E-state index is 0.747. The Morgan fingerprint density at radius 1 is 0.781 bits per heavy atom. The molecule has 0 N–H and O–H groups in total. The summed E-state index contributed by atoms with van der Waals surface area (Å²) >= 11 is 0. The van der Waals surface area contributed by atoms with Gasteiger partial charge in [-0.1, -0.05) is 12.1 Å². The van der Waals surface area contributed by atoms with E-state index in [9.17, 15) is 0 Å². The topological polar surface area (TPSA) is 73.4 Å². The van der Waals surface area contributed by atoms with Crippen molar-refractivity contribution in [3.05, 3.63) is 79.5 Å². The van der Waals surface area contributed by atoms with Crippen molar-refractivity contribution in [1.82, 2.24) is 29.4 Å². The van der Waals surface area contributed by atoms with Gasteiger partial charge >= 0.3 is 0 Å². The highest BCUT2D eigenvalue weighted by molar-refractivity contribution is 5.70. The molecule has 158 valence electrons. The third-order valence-electron chi connectivity index (χ3n) is 5.69. The predicted molar refractivity (Wildman–Crippen MR) is 122 cm³/mol. The van der Waals surface area contributed by atoms with Crippen LogP contribution in [0.1, 0.15) is 0 Å². The highest BCUT2D eigenvalue weighted by atomic mass is 16.5. The van der Waals surface area contributed by atoms with Gasteiger partial charge < -0.3 is 9.64 Å². The Hall–Kier alpha value is -4.04. The van der Waals surface area contributed by atoms with Crippen LogP contribution in [-0.4, -0.2) is 55.7 Å². The Kier molecular flexibility index (Phi) is 4.62. The fraction of sp³-hybridized carbons (Fsp3) is 0.167. The van der Waals surface area contributed by atoms with Crippen LogP contribution in [0.5, 0.6) is 0 Å². The first-order valence-electron chi connectivity index (χ1n) is 10.6. The number of pyridine rings is 1. The van der Waals surface area contributed by atoms with E-state index in [4.69, 9.17) is 4.74 Å². The van der Waals surface area contributed by atoms with Gasteiger partial charge in [-0.25, -0.2) is 19.2 Å². The molecule has 0 radical (unpaired) electrons. The summed E-state index contributed by atoms with van der Waals surface area (Å²) in [6.07, 6.45) is 9.31. The van der Waals surface area contributed by atoms with Gasteiger partial charge in [-0.05, 0) is 36.4 Å². The van der Waals surface area contributed by atoms with Gasteiger partial charge in [-0.2, -0.15) is 10.2 Å². The standard InChI is InChI=1S/C24H21N7O/c1-3-18(13-21(4-1)30-8-2-7-27-30)22-17-26-24-14-20(16-28-31(22)24)19-5-6-23(25-15-19)29-9-11-32-12-10-29/h1-8,13-17H,9-12H2. The molecule has 0 bridgehead atoms. The molecule has 1 aromatic carbocycles. The van der Waals surface area contributed by atoms with Crippen molar-refractivity contribution < 1.29 is 4.74 Å². The third-order valence-corrected chi connectivity index (χ3v) is 5.69. The zero-order valence-corrected chi connectivity index (χ0v) is 17.4. The van der Waals surface area contributed by atoms with Crippen molar-refractivity contribution in [2.24, 2.45) is 0 Å². The Morgan fingerprint density at radius 2 is 1.72 bits per heavy atom. The number of rotatable bonds is 4. The van der Waals surface area contributed by atoms with Crippen LogP contribution in [0.15, 0.2) is 79.5 Å². The summed E-state index contributed by atoms with van der Waals surface area (Å²) in [5.74, 6) is 0.978. The van der Waals surface area contributed by atoms with Crippen LogP contribution < -0.4 is 4.90 Å². The van der Waals surface area contributed by atoms with Crippen LogP contribution in [0.2, 0.25) is 0 Å². The summed E-state index contributed by atoms with van der Waals surface area (Å²) in [4.78, 5) is 11.5. The molecule has 0 saturated carbocycles. The second kappa shape index (κ2) is 7.90. The van der Waals surface area contributed by atoms with Crippen molar-refractivity contribution >= 4 is 11.5 Å². The fourth-order valence-corrected chi connectivity index (χ4v) is 4.00. The molecule has 0 spiro atoms. The number of anilines is 1. The number of nitrogens with zero attached hydrogens (tertiary/aromatic N) is 7. The average molecular weight is 423 g/mol. The maximum Gasteiger partial charge on any atom is 0.154 e. The monoisotopic (exact) mass is 423 g/mol. The van der Waals surface area contributed by atoms with E-state index in [1.165, 1.54) is 0 Å². The van der Waals surface area contributed by atoms with Gasteiger partial charge in [-0.15, -0.1) is 0 Å². The summed E-state index contributed by atoms with van der Waals surface area (Å²) in [5.41, 5.74) is 5.75. The molecule has 1 aliphatic heterocycles. The Morgan fingerprint density at radius 3 is 2.53 bits per heavy atom. The number of imidazole rings is 1. The molecule has 0 atom stereocenters. The SMILES string of the molecule is c1cc(-c2cnc3cc(-c4ccc(N5CCOCC5)nc4)cnn23)cc(-n2cccn2)c1. The third kappa shape index (κ3) is 3.40. The van der Waals surface area contributed by atoms with Gasteiger partial charge in [0, 0.05) is 48.4 Å². The van der Waals surface area contributed by atoms with E-state index in [1.54, 1.807) is 6.20 Å². The van der Waals surface area contributed by atoms with E-state index >= 15 is 0 Å². The summed E-state index contributed by atoms with van der Waals surface area (Å²) in [6.45, 7) is 3.24. The molecule has 1 aliphatic rings. The number of morpholine rings is 1. The van der Waals surface area contributed by atoms with Gasteiger partial charge in [0.25, 0.3) is 0 Å². The molecule has 0 amide bonds. The molecule has 5 aromatic rings. The number of hydrogen-bond acceptors (Lipinski definition) is 6. The first kappa shape index (κ1) is 18.7. The van der Waals surface area contributed by atoms with Gasteiger partial charge in [0.05, 0.1) is 37.0 Å². The molecular formula is C24H21N7O. The minimum atomic E-state index is 0.747. The lowest BCUT2D eigenvalue weighted by Crippen LogP contribution is -2.36. The Balaban J connectivity index is 1.30. The second-order valence-corrected chi connectivity index (χ2v) is 7.66. The molecule has 4 aromatic heterocycles. The second-order valence-electron chi connectivity index (χ2n) is 7.66. The van der Waals surface area contributed by atoms with E-state index in [0.29, 0.717) is 0 Å². The highest BCUT2D eigenvalue weighted by Crippen LogP contribution is 2.26.